The highest BCUT2D eigenvalue weighted by Crippen LogP contribution is 2.24. The van der Waals surface area contributed by atoms with E-state index in [-0.39, 0.29) is 11.9 Å². The SMILES string of the molecule is CCOC(=O)c1ccc(NC(=O)Cc2ccsc2)c(Br)c1. The molecule has 0 atom stereocenters. The fraction of sp³-hybridized carbons (Fsp3) is 0.200. The third kappa shape index (κ3) is 4.41. The number of rotatable bonds is 5. The van der Waals surface area contributed by atoms with E-state index < -0.39 is 0 Å². The maximum absolute atomic E-state index is 11.9. The van der Waals surface area contributed by atoms with Gasteiger partial charge in [0.05, 0.1) is 24.3 Å². The minimum Gasteiger partial charge on any atom is -0.462 e. The molecule has 110 valence electrons. The summed E-state index contributed by atoms with van der Waals surface area (Å²) in [7, 11) is 0. The van der Waals surface area contributed by atoms with Crippen LogP contribution in [-0.2, 0) is 16.0 Å². The molecule has 6 heteroatoms. The van der Waals surface area contributed by atoms with Crippen LogP contribution in [0, 0.1) is 0 Å². The van der Waals surface area contributed by atoms with E-state index in [1.54, 1.807) is 36.5 Å². The topological polar surface area (TPSA) is 55.4 Å². The van der Waals surface area contributed by atoms with Gasteiger partial charge < -0.3 is 10.1 Å². The first-order valence-corrected chi connectivity index (χ1v) is 8.11. The van der Waals surface area contributed by atoms with Crippen LogP contribution >= 0.6 is 27.3 Å². The van der Waals surface area contributed by atoms with E-state index in [0.717, 1.165) is 5.56 Å². The van der Waals surface area contributed by atoms with E-state index in [1.807, 2.05) is 16.8 Å². The lowest BCUT2D eigenvalue weighted by molar-refractivity contribution is -0.115. The van der Waals surface area contributed by atoms with Gasteiger partial charge in [0.25, 0.3) is 0 Å². The van der Waals surface area contributed by atoms with Crippen molar-refractivity contribution < 1.29 is 14.3 Å². The zero-order chi connectivity index (χ0) is 15.2. The summed E-state index contributed by atoms with van der Waals surface area (Å²) in [6.07, 6.45) is 0.329. The highest BCUT2D eigenvalue weighted by molar-refractivity contribution is 9.10. The van der Waals surface area contributed by atoms with Gasteiger partial charge in [-0.1, -0.05) is 0 Å². The molecule has 2 aromatic rings. The second-order valence-electron chi connectivity index (χ2n) is 4.27. The molecule has 1 heterocycles. The maximum atomic E-state index is 11.9. The molecule has 0 unspecified atom stereocenters. The first-order valence-electron chi connectivity index (χ1n) is 6.37. The summed E-state index contributed by atoms with van der Waals surface area (Å²) in [6, 6.07) is 6.87. The number of esters is 1. The first-order chi connectivity index (χ1) is 10.1. The van der Waals surface area contributed by atoms with E-state index in [9.17, 15) is 9.59 Å². The molecule has 4 nitrogen and oxygen atoms in total. The molecule has 2 rings (SSSR count). The highest BCUT2D eigenvalue weighted by Gasteiger charge is 2.11. The Morgan fingerprint density at radius 2 is 2.14 bits per heavy atom. The quantitative estimate of drug-likeness (QED) is 0.816. The van der Waals surface area contributed by atoms with Gasteiger partial charge >= 0.3 is 5.97 Å². The molecule has 0 saturated heterocycles. The Morgan fingerprint density at radius 1 is 1.33 bits per heavy atom. The van der Waals surface area contributed by atoms with Gasteiger partial charge in [0, 0.05) is 4.47 Å². The molecule has 1 N–H and O–H groups in total. The molecular formula is C15H14BrNO3S. The molecular weight excluding hydrogens is 354 g/mol. The highest BCUT2D eigenvalue weighted by atomic mass is 79.9. The van der Waals surface area contributed by atoms with Crippen molar-refractivity contribution in [1.82, 2.24) is 0 Å². The van der Waals surface area contributed by atoms with Gasteiger partial charge in [-0.15, -0.1) is 0 Å². The molecule has 0 spiro atoms. The fourth-order valence-electron chi connectivity index (χ4n) is 1.73. The second-order valence-corrected chi connectivity index (χ2v) is 5.91. The summed E-state index contributed by atoms with van der Waals surface area (Å²) in [5.41, 5.74) is 2.06. The van der Waals surface area contributed by atoms with Gasteiger partial charge in [0.2, 0.25) is 5.91 Å². The number of anilines is 1. The van der Waals surface area contributed by atoms with E-state index in [4.69, 9.17) is 4.74 Å². The van der Waals surface area contributed by atoms with Crippen LogP contribution in [0.4, 0.5) is 5.69 Å². The molecule has 0 saturated carbocycles. The number of hydrogen-bond acceptors (Lipinski definition) is 4. The standard InChI is InChI=1S/C15H14BrNO3S/c1-2-20-15(19)11-3-4-13(12(16)8-11)17-14(18)7-10-5-6-21-9-10/h3-6,8-9H,2,7H2,1H3,(H,17,18). The number of carbonyl (C=O) groups is 2. The number of thiophene rings is 1. The van der Waals surface area contributed by atoms with Crippen LogP contribution in [0.5, 0.6) is 0 Å². The van der Waals surface area contributed by atoms with E-state index in [0.29, 0.717) is 28.8 Å². The van der Waals surface area contributed by atoms with Crippen molar-refractivity contribution in [3.8, 4) is 0 Å². The Balaban J connectivity index is 2.03. The van der Waals surface area contributed by atoms with E-state index in [2.05, 4.69) is 21.2 Å². The summed E-state index contributed by atoms with van der Waals surface area (Å²) < 4.78 is 5.57. The normalized spacial score (nSPS) is 10.2. The number of carbonyl (C=O) groups excluding carboxylic acids is 2. The van der Waals surface area contributed by atoms with Gasteiger partial charge in [-0.05, 0) is 63.4 Å². The Kier molecular flexibility index (Phi) is 5.52. The second kappa shape index (κ2) is 7.38. The lowest BCUT2D eigenvalue weighted by atomic mass is 10.2. The van der Waals surface area contributed by atoms with Crippen LogP contribution in [-0.4, -0.2) is 18.5 Å². The van der Waals surface area contributed by atoms with Gasteiger partial charge in [-0.25, -0.2) is 4.79 Å². The van der Waals surface area contributed by atoms with Crippen LogP contribution in [0.15, 0.2) is 39.5 Å². The minimum atomic E-state index is -0.380. The minimum absolute atomic E-state index is 0.0991. The molecule has 0 aliphatic heterocycles. The zero-order valence-corrected chi connectivity index (χ0v) is 13.8. The number of ether oxygens (including phenoxy) is 1. The summed E-state index contributed by atoms with van der Waals surface area (Å²) in [4.78, 5) is 23.5. The van der Waals surface area contributed by atoms with Crippen LogP contribution < -0.4 is 5.32 Å². The summed E-state index contributed by atoms with van der Waals surface area (Å²) in [6.45, 7) is 2.08. The molecule has 0 fully saturated rings. The van der Waals surface area contributed by atoms with Crippen LogP contribution in [0.3, 0.4) is 0 Å². The van der Waals surface area contributed by atoms with Crippen molar-refractivity contribution in [1.29, 1.82) is 0 Å². The average Bonchev–Trinajstić information content (AvgIpc) is 2.94. The van der Waals surface area contributed by atoms with Crippen molar-refractivity contribution in [2.75, 3.05) is 11.9 Å². The number of halogens is 1. The van der Waals surface area contributed by atoms with Crippen LogP contribution in [0.1, 0.15) is 22.8 Å². The molecule has 0 aliphatic carbocycles. The molecule has 0 bridgehead atoms. The third-order valence-electron chi connectivity index (χ3n) is 2.70. The summed E-state index contributed by atoms with van der Waals surface area (Å²) in [5, 5.41) is 6.69. The lowest BCUT2D eigenvalue weighted by Gasteiger charge is -2.09. The monoisotopic (exact) mass is 367 g/mol. The number of nitrogens with one attached hydrogen (secondary N) is 1. The number of benzene rings is 1. The Labute approximate surface area is 135 Å². The Bertz CT molecular complexity index is 640. The van der Waals surface area contributed by atoms with Gasteiger partial charge in [0.15, 0.2) is 0 Å². The first kappa shape index (κ1) is 15.7. The summed E-state index contributed by atoms with van der Waals surface area (Å²) in [5.74, 6) is -0.479. The smallest absolute Gasteiger partial charge is 0.338 e. The van der Waals surface area contributed by atoms with Gasteiger partial charge in [-0.2, -0.15) is 11.3 Å². The van der Waals surface area contributed by atoms with Crippen molar-refractivity contribution in [2.45, 2.75) is 13.3 Å². The van der Waals surface area contributed by atoms with Crippen molar-refractivity contribution >= 4 is 44.8 Å². The molecule has 1 aromatic heterocycles. The predicted molar refractivity (Wildman–Crippen MR) is 86.8 cm³/mol. The average molecular weight is 368 g/mol. The lowest BCUT2D eigenvalue weighted by Crippen LogP contribution is -2.14. The summed E-state index contributed by atoms with van der Waals surface area (Å²) >= 11 is 4.91. The molecule has 0 aliphatic rings. The molecule has 1 aromatic carbocycles. The molecule has 1 amide bonds. The molecule has 21 heavy (non-hydrogen) atoms. The van der Waals surface area contributed by atoms with E-state index >= 15 is 0 Å². The van der Waals surface area contributed by atoms with Crippen LogP contribution in [0.2, 0.25) is 0 Å². The Morgan fingerprint density at radius 3 is 2.76 bits per heavy atom. The van der Waals surface area contributed by atoms with Gasteiger partial charge in [0.1, 0.15) is 0 Å². The third-order valence-corrected chi connectivity index (χ3v) is 4.09. The largest absolute Gasteiger partial charge is 0.462 e. The molecule has 0 radical (unpaired) electrons. The van der Waals surface area contributed by atoms with Crippen molar-refractivity contribution in [3.05, 3.63) is 50.6 Å². The Hall–Kier alpha value is -1.66. The van der Waals surface area contributed by atoms with Crippen LogP contribution in [0.25, 0.3) is 0 Å². The zero-order valence-electron chi connectivity index (χ0n) is 11.4. The maximum Gasteiger partial charge on any atom is 0.338 e. The van der Waals surface area contributed by atoms with E-state index in [1.165, 1.54) is 0 Å². The van der Waals surface area contributed by atoms with Gasteiger partial charge in [-0.3, -0.25) is 4.79 Å². The number of hydrogen-bond donors (Lipinski definition) is 1. The fourth-order valence-corrected chi connectivity index (χ4v) is 2.88. The predicted octanol–water partition coefficient (Wildman–Crippen LogP) is 3.87. The van der Waals surface area contributed by atoms with Crippen molar-refractivity contribution in [2.24, 2.45) is 0 Å². The number of amides is 1. The van der Waals surface area contributed by atoms with Crippen molar-refractivity contribution in [3.63, 3.8) is 0 Å².